The van der Waals surface area contributed by atoms with Gasteiger partial charge in [0.25, 0.3) is 0 Å². The zero-order chi connectivity index (χ0) is 9.97. The van der Waals surface area contributed by atoms with Gasteiger partial charge in [0.05, 0.1) is 0 Å². The Kier molecular flexibility index (Phi) is 3.09. The molecule has 1 nitrogen and oxygen atoms in total. The van der Waals surface area contributed by atoms with E-state index in [1.54, 1.807) is 0 Å². The van der Waals surface area contributed by atoms with Gasteiger partial charge in [0.1, 0.15) is 0 Å². The normalized spacial score (nSPS) is 22.3. The van der Waals surface area contributed by atoms with Crippen LogP contribution >= 0.6 is 11.6 Å². The van der Waals surface area contributed by atoms with E-state index in [-0.39, 0.29) is 0 Å². The molecule has 2 rings (SSSR count). The molecule has 1 unspecified atom stereocenters. The van der Waals surface area contributed by atoms with Crippen molar-refractivity contribution in [3.05, 3.63) is 34.3 Å². The van der Waals surface area contributed by atoms with Crippen molar-refractivity contribution >= 4 is 11.6 Å². The van der Waals surface area contributed by atoms with E-state index in [2.05, 4.69) is 24.4 Å². The molecule has 0 spiro atoms. The number of benzene rings is 1. The minimum atomic E-state index is 0.515. The van der Waals surface area contributed by atoms with Gasteiger partial charge in [-0.1, -0.05) is 24.1 Å². The molecule has 76 valence electrons. The van der Waals surface area contributed by atoms with Crippen molar-refractivity contribution in [1.29, 1.82) is 0 Å². The van der Waals surface area contributed by atoms with Crippen LogP contribution in [0.3, 0.4) is 0 Å². The number of hydrogen-bond donors (Lipinski definition) is 1. The van der Waals surface area contributed by atoms with E-state index in [1.165, 1.54) is 30.4 Å². The first-order valence-electron chi connectivity index (χ1n) is 5.26. The average molecular weight is 210 g/mol. The molecule has 1 atom stereocenters. The average Bonchev–Trinajstić information content (AvgIpc) is 2.18. The summed E-state index contributed by atoms with van der Waals surface area (Å²) in [5.41, 5.74) is 2.59. The zero-order valence-corrected chi connectivity index (χ0v) is 9.27. The van der Waals surface area contributed by atoms with E-state index >= 15 is 0 Å². The lowest BCUT2D eigenvalue weighted by Crippen LogP contribution is -2.26. The third kappa shape index (κ3) is 2.28. The van der Waals surface area contributed by atoms with Crippen molar-refractivity contribution in [2.24, 2.45) is 0 Å². The van der Waals surface area contributed by atoms with Crippen LogP contribution in [0.5, 0.6) is 0 Å². The molecular formula is C12H16ClN. The van der Waals surface area contributed by atoms with Crippen molar-refractivity contribution in [3.63, 3.8) is 0 Å². The third-order valence-corrected chi connectivity index (χ3v) is 3.00. The second-order valence-corrected chi connectivity index (χ2v) is 4.50. The molecule has 1 saturated heterocycles. The number of aryl methyl sites for hydroxylation is 1. The highest BCUT2D eigenvalue weighted by Crippen LogP contribution is 2.26. The van der Waals surface area contributed by atoms with Crippen LogP contribution in [-0.4, -0.2) is 6.54 Å². The molecule has 1 aliphatic rings. The maximum atomic E-state index is 6.04. The quantitative estimate of drug-likeness (QED) is 0.747. The first-order chi connectivity index (χ1) is 6.75. The van der Waals surface area contributed by atoms with Crippen LogP contribution in [0.15, 0.2) is 18.2 Å². The lowest BCUT2D eigenvalue weighted by Gasteiger charge is -2.24. The van der Waals surface area contributed by atoms with E-state index in [9.17, 15) is 0 Å². The second-order valence-electron chi connectivity index (χ2n) is 4.06. The van der Waals surface area contributed by atoms with Gasteiger partial charge in [-0.15, -0.1) is 0 Å². The summed E-state index contributed by atoms with van der Waals surface area (Å²) in [6.45, 7) is 3.23. The molecule has 0 aliphatic carbocycles. The number of piperidine rings is 1. The van der Waals surface area contributed by atoms with E-state index in [4.69, 9.17) is 11.6 Å². The largest absolute Gasteiger partial charge is 0.310 e. The summed E-state index contributed by atoms with van der Waals surface area (Å²) in [4.78, 5) is 0. The molecule has 1 heterocycles. The smallest absolute Gasteiger partial charge is 0.0411 e. The fourth-order valence-electron chi connectivity index (χ4n) is 2.10. The minimum absolute atomic E-state index is 0.515. The Morgan fingerprint density at radius 2 is 2.14 bits per heavy atom. The Morgan fingerprint density at radius 3 is 2.79 bits per heavy atom. The Balaban J connectivity index is 2.21. The van der Waals surface area contributed by atoms with Crippen molar-refractivity contribution in [2.45, 2.75) is 32.2 Å². The van der Waals surface area contributed by atoms with Crippen molar-refractivity contribution < 1.29 is 0 Å². The summed E-state index contributed by atoms with van der Waals surface area (Å²) in [7, 11) is 0. The molecule has 1 aromatic rings. The summed E-state index contributed by atoms with van der Waals surface area (Å²) in [6.07, 6.45) is 3.86. The molecule has 0 aromatic heterocycles. The number of nitrogens with one attached hydrogen (secondary N) is 1. The number of rotatable bonds is 1. The van der Waals surface area contributed by atoms with Crippen molar-refractivity contribution in [2.75, 3.05) is 6.54 Å². The lowest BCUT2D eigenvalue weighted by atomic mass is 9.96. The third-order valence-electron chi connectivity index (χ3n) is 2.78. The van der Waals surface area contributed by atoms with Crippen LogP contribution in [-0.2, 0) is 0 Å². The Bertz CT molecular complexity index is 296. The van der Waals surface area contributed by atoms with Crippen LogP contribution in [0, 0.1) is 6.92 Å². The molecule has 0 amide bonds. The fourth-order valence-corrected chi connectivity index (χ4v) is 2.40. The Labute approximate surface area is 90.5 Å². The molecule has 1 aromatic carbocycles. The maximum absolute atomic E-state index is 6.04. The summed E-state index contributed by atoms with van der Waals surface area (Å²) in [6, 6.07) is 6.83. The molecule has 2 heteroatoms. The second kappa shape index (κ2) is 4.33. The fraction of sp³-hybridized carbons (Fsp3) is 0.500. The van der Waals surface area contributed by atoms with E-state index in [0.29, 0.717) is 6.04 Å². The summed E-state index contributed by atoms with van der Waals surface area (Å²) >= 11 is 6.04. The highest BCUT2D eigenvalue weighted by molar-refractivity contribution is 6.30. The zero-order valence-electron chi connectivity index (χ0n) is 8.52. The monoisotopic (exact) mass is 209 g/mol. The van der Waals surface area contributed by atoms with Crippen molar-refractivity contribution in [1.82, 2.24) is 5.32 Å². The predicted octanol–water partition coefficient (Wildman–Crippen LogP) is 3.46. The highest BCUT2D eigenvalue weighted by atomic mass is 35.5. The molecule has 1 fully saturated rings. The highest BCUT2D eigenvalue weighted by Gasteiger charge is 2.14. The molecular weight excluding hydrogens is 194 g/mol. The van der Waals surface area contributed by atoms with Gasteiger partial charge in [-0.2, -0.15) is 0 Å². The van der Waals surface area contributed by atoms with Gasteiger partial charge in [-0.05, 0) is 49.6 Å². The molecule has 0 radical (unpaired) electrons. The van der Waals surface area contributed by atoms with Gasteiger partial charge < -0.3 is 5.32 Å². The van der Waals surface area contributed by atoms with E-state index in [0.717, 1.165) is 11.6 Å². The topological polar surface area (TPSA) is 12.0 Å². The van der Waals surface area contributed by atoms with Gasteiger partial charge in [0.15, 0.2) is 0 Å². The summed E-state index contributed by atoms with van der Waals surface area (Å²) in [5.74, 6) is 0. The maximum Gasteiger partial charge on any atom is 0.0411 e. The lowest BCUT2D eigenvalue weighted by molar-refractivity contribution is 0.412. The van der Waals surface area contributed by atoms with Crippen molar-refractivity contribution in [3.8, 4) is 0 Å². The summed E-state index contributed by atoms with van der Waals surface area (Å²) in [5, 5.41) is 4.39. The van der Waals surface area contributed by atoms with Crippen LogP contribution in [0.2, 0.25) is 5.02 Å². The SMILES string of the molecule is Cc1cc(Cl)cc(C2CCCCN2)c1. The molecule has 0 saturated carbocycles. The first kappa shape index (κ1) is 10.0. The van der Waals surface area contributed by atoms with Crippen LogP contribution in [0.25, 0.3) is 0 Å². The number of halogens is 1. The molecule has 0 bridgehead atoms. The summed E-state index contributed by atoms with van der Waals surface area (Å²) < 4.78 is 0. The van der Waals surface area contributed by atoms with Crippen LogP contribution < -0.4 is 5.32 Å². The first-order valence-corrected chi connectivity index (χ1v) is 5.64. The van der Waals surface area contributed by atoms with Gasteiger partial charge in [0, 0.05) is 11.1 Å². The molecule has 1 N–H and O–H groups in total. The Hall–Kier alpha value is -0.530. The Morgan fingerprint density at radius 1 is 1.29 bits per heavy atom. The van der Waals surface area contributed by atoms with Crippen LogP contribution in [0.1, 0.15) is 36.4 Å². The van der Waals surface area contributed by atoms with E-state index in [1.807, 2.05) is 6.07 Å². The van der Waals surface area contributed by atoms with Gasteiger partial charge >= 0.3 is 0 Å². The van der Waals surface area contributed by atoms with Crippen LogP contribution in [0.4, 0.5) is 0 Å². The van der Waals surface area contributed by atoms with Gasteiger partial charge in [-0.3, -0.25) is 0 Å². The van der Waals surface area contributed by atoms with Gasteiger partial charge in [-0.25, -0.2) is 0 Å². The van der Waals surface area contributed by atoms with E-state index < -0.39 is 0 Å². The molecule has 14 heavy (non-hydrogen) atoms. The van der Waals surface area contributed by atoms with Gasteiger partial charge in [0.2, 0.25) is 0 Å². The minimum Gasteiger partial charge on any atom is -0.310 e. The molecule has 1 aliphatic heterocycles. The predicted molar refractivity (Wildman–Crippen MR) is 60.8 cm³/mol. The standard InChI is InChI=1S/C12H16ClN/c1-9-6-10(8-11(13)7-9)12-4-2-3-5-14-12/h6-8,12,14H,2-5H2,1H3. The number of hydrogen-bond acceptors (Lipinski definition) is 1.